The van der Waals surface area contributed by atoms with Gasteiger partial charge in [0.1, 0.15) is 11.6 Å². The molecule has 1 aromatic heterocycles. The zero-order valence-corrected chi connectivity index (χ0v) is 16.6. The van der Waals surface area contributed by atoms with Crippen LogP contribution in [0.1, 0.15) is 68.2 Å². The van der Waals surface area contributed by atoms with Crippen LogP contribution in [0.4, 0.5) is 0 Å². The standard InChI is InChI=1S/C22H30N4O2/c1-3-11-25(18(7-1)22-24-23-21-8-2-4-12-26(21)22)16-17-9-10-19-20(15-17)28-14-6-5-13-27-19/h9-10,15,18H,1-8,11-14,16H2. The van der Waals surface area contributed by atoms with E-state index >= 15 is 0 Å². The Morgan fingerprint density at radius 1 is 0.893 bits per heavy atom. The van der Waals surface area contributed by atoms with Crippen LogP contribution in [-0.2, 0) is 19.5 Å². The maximum atomic E-state index is 5.96. The monoisotopic (exact) mass is 382 g/mol. The lowest BCUT2D eigenvalue weighted by Crippen LogP contribution is -2.35. The molecule has 4 heterocycles. The van der Waals surface area contributed by atoms with Crippen molar-refractivity contribution in [3.63, 3.8) is 0 Å². The predicted octanol–water partition coefficient (Wildman–Crippen LogP) is 3.89. The number of aromatic nitrogens is 3. The molecular weight excluding hydrogens is 352 g/mol. The third kappa shape index (κ3) is 3.62. The minimum atomic E-state index is 0.368. The maximum absolute atomic E-state index is 5.96. The number of nitrogens with zero attached hydrogens (tertiary/aromatic N) is 4. The summed E-state index contributed by atoms with van der Waals surface area (Å²) >= 11 is 0. The number of fused-ring (bicyclic) bond motifs is 2. The molecule has 6 nitrogen and oxygen atoms in total. The molecule has 0 spiro atoms. The maximum Gasteiger partial charge on any atom is 0.161 e. The summed E-state index contributed by atoms with van der Waals surface area (Å²) in [4.78, 5) is 2.58. The van der Waals surface area contributed by atoms with Crippen LogP contribution in [0, 0.1) is 0 Å². The van der Waals surface area contributed by atoms with Gasteiger partial charge < -0.3 is 14.0 Å². The van der Waals surface area contributed by atoms with E-state index < -0.39 is 0 Å². The molecule has 1 fully saturated rings. The molecular formula is C22H30N4O2. The molecule has 0 radical (unpaired) electrons. The van der Waals surface area contributed by atoms with E-state index in [1.54, 1.807) is 0 Å². The predicted molar refractivity (Wildman–Crippen MR) is 107 cm³/mol. The van der Waals surface area contributed by atoms with E-state index in [-0.39, 0.29) is 0 Å². The molecule has 0 saturated carbocycles. The summed E-state index contributed by atoms with van der Waals surface area (Å²) in [7, 11) is 0. The highest BCUT2D eigenvalue weighted by Crippen LogP contribution is 2.35. The van der Waals surface area contributed by atoms with Crippen LogP contribution in [0.2, 0.25) is 0 Å². The van der Waals surface area contributed by atoms with Gasteiger partial charge in [-0.15, -0.1) is 10.2 Å². The van der Waals surface area contributed by atoms with Crippen molar-refractivity contribution in [2.45, 2.75) is 70.5 Å². The van der Waals surface area contributed by atoms with Crippen molar-refractivity contribution in [3.05, 3.63) is 35.4 Å². The highest BCUT2D eigenvalue weighted by molar-refractivity contribution is 5.43. The second kappa shape index (κ2) is 8.11. The van der Waals surface area contributed by atoms with Gasteiger partial charge in [-0.1, -0.05) is 12.5 Å². The van der Waals surface area contributed by atoms with E-state index in [1.165, 1.54) is 49.3 Å². The van der Waals surface area contributed by atoms with Crippen LogP contribution >= 0.6 is 0 Å². The van der Waals surface area contributed by atoms with E-state index in [1.807, 2.05) is 0 Å². The molecule has 3 aliphatic rings. The van der Waals surface area contributed by atoms with Gasteiger partial charge in [0.2, 0.25) is 0 Å². The van der Waals surface area contributed by atoms with Gasteiger partial charge in [-0.2, -0.15) is 0 Å². The van der Waals surface area contributed by atoms with Gasteiger partial charge in [0, 0.05) is 19.5 Å². The van der Waals surface area contributed by atoms with Crippen molar-refractivity contribution in [1.29, 1.82) is 0 Å². The molecule has 6 heteroatoms. The molecule has 0 bridgehead atoms. The fraction of sp³-hybridized carbons (Fsp3) is 0.636. The van der Waals surface area contributed by atoms with Gasteiger partial charge in [0.25, 0.3) is 0 Å². The lowest BCUT2D eigenvalue weighted by atomic mass is 9.99. The van der Waals surface area contributed by atoms with Crippen molar-refractivity contribution >= 4 is 0 Å². The Bertz CT molecular complexity index is 819. The van der Waals surface area contributed by atoms with Gasteiger partial charge in [-0.05, 0) is 62.8 Å². The summed E-state index contributed by atoms with van der Waals surface area (Å²) in [5, 5.41) is 9.13. The summed E-state index contributed by atoms with van der Waals surface area (Å²) in [6, 6.07) is 6.81. The van der Waals surface area contributed by atoms with Crippen molar-refractivity contribution < 1.29 is 9.47 Å². The minimum Gasteiger partial charge on any atom is -0.490 e. The van der Waals surface area contributed by atoms with Crippen LogP contribution in [0.3, 0.4) is 0 Å². The molecule has 1 saturated heterocycles. The number of hydrogen-bond donors (Lipinski definition) is 0. The second-order valence-electron chi connectivity index (χ2n) is 8.25. The lowest BCUT2D eigenvalue weighted by molar-refractivity contribution is 0.129. The molecule has 1 unspecified atom stereocenters. The average Bonchev–Trinajstić information content (AvgIpc) is 3.14. The summed E-state index contributed by atoms with van der Waals surface area (Å²) in [6.07, 6.45) is 9.35. The number of ether oxygens (including phenoxy) is 2. The third-order valence-corrected chi connectivity index (χ3v) is 6.25. The highest BCUT2D eigenvalue weighted by Gasteiger charge is 2.30. The van der Waals surface area contributed by atoms with E-state index in [0.717, 1.165) is 63.6 Å². The summed E-state index contributed by atoms with van der Waals surface area (Å²) in [5.74, 6) is 4.13. The van der Waals surface area contributed by atoms with Crippen LogP contribution in [0.5, 0.6) is 11.5 Å². The topological polar surface area (TPSA) is 52.4 Å². The smallest absolute Gasteiger partial charge is 0.161 e. The Balaban J connectivity index is 1.37. The van der Waals surface area contributed by atoms with E-state index in [0.29, 0.717) is 6.04 Å². The molecule has 1 aromatic carbocycles. The normalized spacial score (nSPS) is 22.9. The Labute approximate surface area is 166 Å². The molecule has 1 atom stereocenters. The fourth-order valence-electron chi connectivity index (χ4n) is 4.74. The SMILES string of the molecule is c1cc2c(cc1CN1CCCCC1c1nnc3n1CCCC3)OCCCCO2. The number of aryl methyl sites for hydroxylation is 1. The van der Waals surface area contributed by atoms with Crippen molar-refractivity contribution in [1.82, 2.24) is 19.7 Å². The van der Waals surface area contributed by atoms with Gasteiger partial charge in [-0.25, -0.2) is 0 Å². The number of hydrogen-bond acceptors (Lipinski definition) is 5. The number of rotatable bonds is 3. The first kappa shape index (κ1) is 18.0. The van der Waals surface area contributed by atoms with Crippen LogP contribution in [0.15, 0.2) is 18.2 Å². The molecule has 3 aliphatic heterocycles. The largest absolute Gasteiger partial charge is 0.490 e. The van der Waals surface area contributed by atoms with E-state index in [9.17, 15) is 0 Å². The summed E-state index contributed by atoms with van der Waals surface area (Å²) < 4.78 is 14.2. The molecule has 0 N–H and O–H groups in total. The molecule has 0 aliphatic carbocycles. The van der Waals surface area contributed by atoms with Crippen LogP contribution < -0.4 is 9.47 Å². The second-order valence-corrected chi connectivity index (χ2v) is 8.25. The van der Waals surface area contributed by atoms with E-state index in [4.69, 9.17) is 9.47 Å². The number of piperidine rings is 1. The zero-order valence-electron chi connectivity index (χ0n) is 16.6. The Hall–Kier alpha value is -2.08. The average molecular weight is 383 g/mol. The minimum absolute atomic E-state index is 0.368. The van der Waals surface area contributed by atoms with Crippen molar-refractivity contribution in [2.75, 3.05) is 19.8 Å². The van der Waals surface area contributed by atoms with Gasteiger partial charge in [0.15, 0.2) is 11.5 Å². The number of likely N-dealkylation sites (tertiary alicyclic amines) is 1. The van der Waals surface area contributed by atoms with Crippen molar-refractivity contribution in [3.8, 4) is 11.5 Å². The lowest BCUT2D eigenvalue weighted by Gasteiger charge is -2.35. The van der Waals surface area contributed by atoms with Crippen LogP contribution in [-0.4, -0.2) is 39.4 Å². The molecule has 5 rings (SSSR count). The molecule has 28 heavy (non-hydrogen) atoms. The van der Waals surface area contributed by atoms with Gasteiger partial charge in [0.05, 0.1) is 19.3 Å². The first-order valence-electron chi connectivity index (χ1n) is 10.9. The third-order valence-electron chi connectivity index (χ3n) is 6.25. The molecule has 0 amide bonds. The first-order valence-corrected chi connectivity index (χ1v) is 10.9. The van der Waals surface area contributed by atoms with Gasteiger partial charge in [-0.3, -0.25) is 4.90 Å². The zero-order chi connectivity index (χ0) is 18.8. The first-order chi connectivity index (χ1) is 13.9. The Morgan fingerprint density at radius 3 is 2.68 bits per heavy atom. The molecule has 150 valence electrons. The summed E-state index contributed by atoms with van der Waals surface area (Å²) in [5.41, 5.74) is 1.29. The highest BCUT2D eigenvalue weighted by atomic mass is 16.5. The Kier molecular flexibility index (Phi) is 5.21. The quantitative estimate of drug-likeness (QED) is 0.806. The summed E-state index contributed by atoms with van der Waals surface area (Å²) in [6.45, 7) is 4.66. The number of benzene rings is 1. The van der Waals surface area contributed by atoms with Gasteiger partial charge >= 0.3 is 0 Å². The molecule has 2 aromatic rings. The fourth-order valence-corrected chi connectivity index (χ4v) is 4.74. The van der Waals surface area contributed by atoms with E-state index in [2.05, 4.69) is 37.9 Å². The van der Waals surface area contributed by atoms with Crippen LogP contribution in [0.25, 0.3) is 0 Å². The van der Waals surface area contributed by atoms with Crippen molar-refractivity contribution in [2.24, 2.45) is 0 Å². The Morgan fingerprint density at radius 2 is 1.75 bits per heavy atom.